The molecule has 1 unspecified atom stereocenters. The van der Waals surface area contributed by atoms with Gasteiger partial charge in [-0.1, -0.05) is 24.3 Å². The Balaban J connectivity index is 1.52. The second kappa shape index (κ2) is 4.43. The summed E-state index contributed by atoms with van der Waals surface area (Å²) in [6.07, 6.45) is 6.71. The Bertz CT molecular complexity index is 717. The van der Waals surface area contributed by atoms with Crippen molar-refractivity contribution in [1.82, 2.24) is 9.55 Å². The van der Waals surface area contributed by atoms with E-state index >= 15 is 0 Å². The molecular weight excluding hydrogens is 276 g/mol. The van der Waals surface area contributed by atoms with E-state index in [-0.39, 0.29) is 23.5 Å². The summed E-state index contributed by atoms with van der Waals surface area (Å²) in [5.41, 5.74) is 3.89. The SMILES string of the molecule is OC1[C@H]([C@H]2c3ccccc3-c3cncn32)CC12CCOCC2. The first-order valence-electron chi connectivity index (χ1n) is 8.17. The van der Waals surface area contributed by atoms with Gasteiger partial charge in [0.1, 0.15) is 0 Å². The van der Waals surface area contributed by atoms with Gasteiger partial charge in [-0.25, -0.2) is 4.98 Å². The minimum Gasteiger partial charge on any atom is -0.392 e. The van der Waals surface area contributed by atoms with Crippen LogP contribution in [0.2, 0.25) is 0 Å². The van der Waals surface area contributed by atoms with Crippen molar-refractivity contribution in [3.63, 3.8) is 0 Å². The quantitative estimate of drug-likeness (QED) is 0.880. The average molecular weight is 296 g/mol. The molecule has 114 valence electrons. The lowest BCUT2D eigenvalue weighted by molar-refractivity contribution is -0.173. The third kappa shape index (κ3) is 1.52. The minimum absolute atomic E-state index is 0.0984. The highest BCUT2D eigenvalue weighted by Crippen LogP contribution is 2.59. The number of benzene rings is 1. The van der Waals surface area contributed by atoms with Crippen LogP contribution < -0.4 is 0 Å². The zero-order valence-corrected chi connectivity index (χ0v) is 12.5. The number of nitrogens with zero attached hydrogens (tertiary/aromatic N) is 2. The molecule has 1 spiro atoms. The van der Waals surface area contributed by atoms with Crippen molar-refractivity contribution in [1.29, 1.82) is 0 Å². The maximum absolute atomic E-state index is 10.9. The van der Waals surface area contributed by atoms with E-state index in [2.05, 4.69) is 33.8 Å². The van der Waals surface area contributed by atoms with Crippen LogP contribution in [0.25, 0.3) is 11.3 Å². The van der Waals surface area contributed by atoms with Crippen LogP contribution in [0.1, 0.15) is 30.9 Å². The molecule has 3 heterocycles. The largest absolute Gasteiger partial charge is 0.392 e. The fraction of sp³-hybridized carbons (Fsp3) is 0.500. The van der Waals surface area contributed by atoms with E-state index < -0.39 is 0 Å². The lowest BCUT2D eigenvalue weighted by atomic mass is 9.53. The summed E-state index contributed by atoms with van der Waals surface area (Å²) in [5, 5.41) is 10.9. The predicted molar refractivity (Wildman–Crippen MR) is 82.4 cm³/mol. The first-order chi connectivity index (χ1) is 10.8. The van der Waals surface area contributed by atoms with Gasteiger partial charge in [-0.2, -0.15) is 0 Å². The molecule has 4 heteroatoms. The highest BCUT2D eigenvalue weighted by atomic mass is 16.5. The first-order valence-corrected chi connectivity index (χ1v) is 8.17. The van der Waals surface area contributed by atoms with E-state index in [9.17, 15) is 5.11 Å². The third-order valence-electron chi connectivity index (χ3n) is 6.09. The molecule has 0 radical (unpaired) electrons. The molecule has 0 bridgehead atoms. The van der Waals surface area contributed by atoms with Crippen molar-refractivity contribution in [2.24, 2.45) is 11.3 Å². The summed E-state index contributed by atoms with van der Waals surface area (Å²) in [5.74, 6) is 0.287. The lowest BCUT2D eigenvalue weighted by Crippen LogP contribution is -2.57. The Hall–Kier alpha value is -1.65. The molecule has 3 aliphatic rings. The number of aromatic nitrogens is 2. The van der Waals surface area contributed by atoms with Gasteiger partial charge in [0.15, 0.2) is 0 Å². The Morgan fingerprint density at radius 2 is 2.05 bits per heavy atom. The van der Waals surface area contributed by atoms with E-state index in [1.807, 2.05) is 12.5 Å². The molecule has 4 nitrogen and oxygen atoms in total. The van der Waals surface area contributed by atoms with Crippen molar-refractivity contribution in [2.75, 3.05) is 13.2 Å². The van der Waals surface area contributed by atoms with E-state index in [4.69, 9.17) is 4.74 Å². The lowest BCUT2D eigenvalue weighted by Gasteiger charge is -2.56. The van der Waals surface area contributed by atoms with Gasteiger partial charge in [-0.15, -0.1) is 0 Å². The van der Waals surface area contributed by atoms with E-state index in [1.165, 1.54) is 16.8 Å². The van der Waals surface area contributed by atoms with E-state index in [1.54, 1.807) is 0 Å². The van der Waals surface area contributed by atoms with Gasteiger partial charge in [-0.3, -0.25) is 0 Å². The van der Waals surface area contributed by atoms with Crippen LogP contribution in [0.3, 0.4) is 0 Å². The number of rotatable bonds is 1. The Kier molecular flexibility index (Phi) is 2.59. The number of hydrogen-bond donors (Lipinski definition) is 1. The molecule has 1 saturated heterocycles. The molecule has 1 saturated carbocycles. The fourth-order valence-corrected chi connectivity index (χ4v) is 4.87. The van der Waals surface area contributed by atoms with Gasteiger partial charge in [0.2, 0.25) is 0 Å². The van der Waals surface area contributed by atoms with Crippen LogP contribution in [0.5, 0.6) is 0 Å². The van der Waals surface area contributed by atoms with Gasteiger partial charge in [0, 0.05) is 30.1 Å². The standard InChI is InChI=1S/C18H20N2O2/c21-17-14(9-18(17)5-7-22-8-6-18)16-13-4-2-1-3-12(13)15-10-19-11-20(15)16/h1-4,10-11,14,16-17,21H,5-9H2/t14-,16+,17?/m0/s1. The van der Waals surface area contributed by atoms with Gasteiger partial charge < -0.3 is 14.4 Å². The second-order valence-corrected chi connectivity index (χ2v) is 7.01. The maximum atomic E-state index is 10.9. The van der Waals surface area contributed by atoms with Crippen LogP contribution >= 0.6 is 0 Å². The molecule has 22 heavy (non-hydrogen) atoms. The van der Waals surface area contributed by atoms with Gasteiger partial charge >= 0.3 is 0 Å². The minimum atomic E-state index is -0.234. The molecule has 1 aliphatic carbocycles. The molecule has 0 amide bonds. The summed E-state index contributed by atoms with van der Waals surface area (Å²) in [4.78, 5) is 4.32. The Morgan fingerprint density at radius 1 is 1.23 bits per heavy atom. The average Bonchev–Trinajstić information content (AvgIpc) is 3.14. The van der Waals surface area contributed by atoms with Gasteiger partial charge in [-0.05, 0) is 24.8 Å². The Labute approximate surface area is 129 Å². The van der Waals surface area contributed by atoms with Crippen molar-refractivity contribution in [3.05, 3.63) is 42.4 Å². The van der Waals surface area contributed by atoms with Crippen LogP contribution in [-0.2, 0) is 4.74 Å². The smallest absolute Gasteiger partial charge is 0.0956 e. The monoisotopic (exact) mass is 296 g/mol. The summed E-state index contributed by atoms with van der Waals surface area (Å²) < 4.78 is 7.74. The summed E-state index contributed by atoms with van der Waals surface area (Å²) in [6, 6.07) is 8.78. The number of fused-ring (bicyclic) bond motifs is 3. The highest BCUT2D eigenvalue weighted by molar-refractivity contribution is 5.69. The van der Waals surface area contributed by atoms with Crippen LogP contribution in [0.4, 0.5) is 0 Å². The van der Waals surface area contributed by atoms with Crippen molar-refractivity contribution in [2.45, 2.75) is 31.4 Å². The summed E-state index contributed by atoms with van der Waals surface area (Å²) >= 11 is 0. The summed E-state index contributed by atoms with van der Waals surface area (Å²) in [7, 11) is 0. The molecule has 1 aromatic heterocycles. The van der Waals surface area contributed by atoms with Crippen LogP contribution in [0, 0.1) is 11.3 Å². The van der Waals surface area contributed by atoms with Crippen LogP contribution in [0.15, 0.2) is 36.8 Å². The topological polar surface area (TPSA) is 47.3 Å². The molecule has 1 N–H and O–H groups in total. The Morgan fingerprint density at radius 3 is 2.86 bits per heavy atom. The number of aliphatic hydroxyl groups is 1. The van der Waals surface area contributed by atoms with Crippen LogP contribution in [-0.4, -0.2) is 34.0 Å². The number of ether oxygens (including phenoxy) is 1. The van der Waals surface area contributed by atoms with Gasteiger partial charge in [0.25, 0.3) is 0 Å². The second-order valence-electron chi connectivity index (χ2n) is 7.01. The predicted octanol–water partition coefficient (Wildman–Crippen LogP) is 2.63. The zero-order chi connectivity index (χ0) is 14.7. The first kappa shape index (κ1) is 12.9. The molecule has 1 aromatic carbocycles. The van der Waals surface area contributed by atoms with E-state index in [0.717, 1.165) is 32.5 Å². The molecule has 2 aromatic rings. The number of hydrogen-bond acceptors (Lipinski definition) is 3. The third-order valence-corrected chi connectivity index (χ3v) is 6.09. The number of imidazole rings is 1. The normalized spacial score (nSPS) is 31.6. The maximum Gasteiger partial charge on any atom is 0.0956 e. The highest BCUT2D eigenvalue weighted by Gasteiger charge is 2.57. The summed E-state index contributed by atoms with van der Waals surface area (Å²) in [6.45, 7) is 1.59. The van der Waals surface area contributed by atoms with Crippen molar-refractivity contribution in [3.8, 4) is 11.3 Å². The number of aliphatic hydroxyl groups excluding tert-OH is 1. The molecule has 5 rings (SSSR count). The molecule has 3 atom stereocenters. The van der Waals surface area contributed by atoms with Crippen molar-refractivity contribution < 1.29 is 9.84 Å². The zero-order valence-electron chi connectivity index (χ0n) is 12.5. The van der Waals surface area contributed by atoms with E-state index in [0.29, 0.717) is 0 Å². The molecule has 2 fully saturated rings. The van der Waals surface area contributed by atoms with Crippen molar-refractivity contribution >= 4 is 0 Å². The molecular formula is C18H20N2O2. The molecule has 2 aliphatic heterocycles. The van der Waals surface area contributed by atoms with Gasteiger partial charge in [0.05, 0.1) is 30.4 Å². The fourth-order valence-electron chi connectivity index (χ4n) is 4.87.